The lowest BCUT2D eigenvalue weighted by atomic mass is 10.2. The van der Waals surface area contributed by atoms with E-state index >= 15 is 0 Å². The first-order chi connectivity index (χ1) is 16.5. The number of halogens is 1. The lowest BCUT2D eigenvalue weighted by Crippen LogP contribution is -2.24. The average molecular weight is 559 g/mol. The molecule has 0 atom stereocenters. The zero-order valence-corrected chi connectivity index (χ0v) is 21.1. The number of carbonyl (C=O) groups excluding carboxylic acids is 2. The van der Waals surface area contributed by atoms with Crippen LogP contribution in [0.3, 0.4) is 0 Å². The molecular formula is C22H19BrN6O3S2. The van der Waals surface area contributed by atoms with Crippen molar-refractivity contribution in [2.24, 2.45) is 0 Å². The van der Waals surface area contributed by atoms with E-state index in [1.54, 1.807) is 43.0 Å². The number of ether oxygens (including phenoxy) is 1. The molecule has 4 aromatic rings. The van der Waals surface area contributed by atoms with Crippen LogP contribution in [0.25, 0.3) is 5.69 Å². The Morgan fingerprint density at radius 2 is 2.00 bits per heavy atom. The number of nitrogens with one attached hydrogen (secondary N) is 2. The summed E-state index contributed by atoms with van der Waals surface area (Å²) < 4.78 is 7.93. The molecule has 0 spiro atoms. The minimum Gasteiger partial charge on any atom is -0.497 e. The summed E-state index contributed by atoms with van der Waals surface area (Å²) in [6, 6.07) is 14.5. The van der Waals surface area contributed by atoms with E-state index in [9.17, 15) is 9.59 Å². The summed E-state index contributed by atoms with van der Waals surface area (Å²) in [5.74, 6) is 0.797. The van der Waals surface area contributed by atoms with E-state index in [0.29, 0.717) is 27.4 Å². The maximum absolute atomic E-state index is 12.7. The normalized spacial score (nSPS) is 10.6. The van der Waals surface area contributed by atoms with Crippen molar-refractivity contribution in [3.8, 4) is 11.4 Å². The molecule has 0 aliphatic rings. The van der Waals surface area contributed by atoms with Crippen molar-refractivity contribution in [2.45, 2.75) is 11.7 Å². The van der Waals surface area contributed by atoms with Crippen LogP contribution >= 0.6 is 39.0 Å². The monoisotopic (exact) mass is 558 g/mol. The summed E-state index contributed by atoms with van der Waals surface area (Å²) >= 11 is 6.04. The third-order valence-electron chi connectivity index (χ3n) is 4.54. The lowest BCUT2D eigenvalue weighted by Gasteiger charge is -2.11. The van der Waals surface area contributed by atoms with Crippen molar-refractivity contribution in [1.82, 2.24) is 25.1 Å². The minimum absolute atomic E-state index is 0.129. The molecule has 4 rings (SSSR count). The van der Waals surface area contributed by atoms with E-state index < -0.39 is 0 Å². The fraction of sp³-hybridized carbons (Fsp3) is 0.136. The molecule has 12 heteroatoms. The minimum atomic E-state index is -0.263. The third kappa shape index (κ3) is 6.01. The molecule has 0 saturated heterocycles. The first kappa shape index (κ1) is 23.9. The molecule has 9 nitrogen and oxygen atoms in total. The smallest absolute Gasteiger partial charge is 0.251 e. The van der Waals surface area contributed by atoms with Gasteiger partial charge in [0.05, 0.1) is 19.4 Å². The number of hydrogen-bond donors (Lipinski definition) is 2. The molecule has 0 aliphatic heterocycles. The average Bonchev–Trinajstić information content (AvgIpc) is 3.51. The van der Waals surface area contributed by atoms with E-state index in [0.717, 1.165) is 10.2 Å². The van der Waals surface area contributed by atoms with Gasteiger partial charge < -0.3 is 15.4 Å². The second kappa shape index (κ2) is 11.3. The zero-order valence-electron chi connectivity index (χ0n) is 17.9. The fourth-order valence-electron chi connectivity index (χ4n) is 2.95. The number of rotatable bonds is 9. The molecule has 174 valence electrons. The molecule has 0 unspecified atom stereocenters. The van der Waals surface area contributed by atoms with Gasteiger partial charge in [0, 0.05) is 27.3 Å². The molecule has 0 saturated carbocycles. The van der Waals surface area contributed by atoms with Gasteiger partial charge in [-0.05, 0) is 42.5 Å². The Bertz CT molecular complexity index is 1280. The molecule has 0 aliphatic carbocycles. The predicted octanol–water partition coefficient (Wildman–Crippen LogP) is 4.16. The van der Waals surface area contributed by atoms with Gasteiger partial charge in [-0.25, -0.2) is 4.98 Å². The number of carbonyl (C=O) groups is 2. The van der Waals surface area contributed by atoms with Crippen LogP contribution in [0.2, 0.25) is 0 Å². The number of methoxy groups -OCH3 is 1. The molecule has 2 amide bonds. The van der Waals surface area contributed by atoms with Crippen molar-refractivity contribution in [3.63, 3.8) is 0 Å². The van der Waals surface area contributed by atoms with E-state index in [1.807, 2.05) is 28.8 Å². The molecular weight excluding hydrogens is 540 g/mol. The molecule has 2 aromatic heterocycles. The topological polar surface area (TPSA) is 111 Å². The van der Waals surface area contributed by atoms with Crippen LogP contribution in [-0.2, 0) is 11.3 Å². The Morgan fingerprint density at radius 1 is 1.18 bits per heavy atom. The maximum Gasteiger partial charge on any atom is 0.251 e. The second-order valence-corrected chi connectivity index (χ2v) is 9.55. The van der Waals surface area contributed by atoms with Crippen molar-refractivity contribution >= 4 is 56.0 Å². The molecule has 0 radical (unpaired) electrons. The highest BCUT2D eigenvalue weighted by molar-refractivity contribution is 9.10. The van der Waals surface area contributed by atoms with Gasteiger partial charge in [0.25, 0.3) is 5.91 Å². The third-order valence-corrected chi connectivity index (χ3v) is 6.68. The second-order valence-electron chi connectivity index (χ2n) is 6.80. The molecule has 2 heterocycles. The summed E-state index contributed by atoms with van der Waals surface area (Å²) in [5, 5.41) is 17.0. The molecule has 2 N–H and O–H groups in total. The number of anilines is 1. The summed E-state index contributed by atoms with van der Waals surface area (Å²) in [6.07, 6.45) is 1.63. The summed E-state index contributed by atoms with van der Waals surface area (Å²) in [6.45, 7) is 0.144. The van der Waals surface area contributed by atoms with Crippen LogP contribution in [0.4, 0.5) is 5.13 Å². The maximum atomic E-state index is 12.7. The Labute approximate surface area is 212 Å². The number of thiazole rings is 1. The quantitative estimate of drug-likeness (QED) is 0.297. The van der Waals surface area contributed by atoms with E-state index in [1.165, 1.54) is 23.1 Å². The molecule has 2 aromatic carbocycles. The SMILES string of the molecule is COc1cccc(C(=O)NCc2nnc(SCC(=O)Nc3nccs3)n2-c2ccc(Br)cc2)c1. The van der Waals surface area contributed by atoms with Crippen LogP contribution in [0.15, 0.2) is 69.7 Å². The van der Waals surface area contributed by atoms with Crippen LogP contribution in [-0.4, -0.2) is 44.4 Å². The van der Waals surface area contributed by atoms with Crippen molar-refractivity contribution < 1.29 is 14.3 Å². The van der Waals surface area contributed by atoms with Crippen LogP contribution in [0, 0.1) is 0 Å². The summed E-state index contributed by atoms with van der Waals surface area (Å²) in [5.41, 5.74) is 1.28. The van der Waals surface area contributed by atoms with Gasteiger partial charge in [-0.2, -0.15) is 0 Å². The number of benzene rings is 2. The Hall–Kier alpha value is -3.22. The van der Waals surface area contributed by atoms with Gasteiger partial charge in [-0.3, -0.25) is 14.2 Å². The highest BCUT2D eigenvalue weighted by Gasteiger charge is 2.17. The van der Waals surface area contributed by atoms with Crippen molar-refractivity contribution in [2.75, 3.05) is 18.2 Å². The van der Waals surface area contributed by atoms with Gasteiger partial charge in [0.2, 0.25) is 5.91 Å². The zero-order chi connectivity index (χ0) is 23.9. The standard InChI is InChI=1S/C22H19BrN6O3S2/c1-32-17-4-2-3-14(11-17)20(31)25-12-18-27-28-22(29(18)16-7-5-15(23)6-8-16)34-13-19(30)26-21-24-9-10-33-21/h2-11H,12-13H2,1H3,(H,25,31)(H,24,26,30). The summed E-state index contributed by atoms with van der Waals surface area (Å²) in [7, 11) is 1.55. The lowest BCUT2D eigenvalue weighted by molar-refractivity contribution is -0.113. The van der Waals surface area contributed by atoms with E-state index in [4.69, 9.17) is 4.74 Å². The van der Waals surface area contributed by atoms with Crippen LogP contribution in [0.1, 0.15) is 16.2 Å². The first-order valence-corrected chi connectivity index (χ1v) is 12.6. The predicted molar refractivity (Wildman–Crippen MR) is 135 cm³/mol. The van der Waals surface area contributed by atoms with Crippen molar-refractivity contribution in [3.05, 3.63) is 76.0 Å². The summed E-state index contributed by atoms with van der Waals surface area (Å²) in [4.78, 5) is 29.0. The molecule has 0 fully saturated rings. The molecule has 34 heavy (non-hydrogen) atoms. The number of nitrogens with zero attached hydrogens (tertiary/aromatic N) is 4. The van der Waals surface area contributed by atoms with Crippen LogP contribution < -0.4 is 15.4 Å². The molecule has 0 bridgehead atoms. The van der Waals surface area contributed by atoms with E-state index in [2.05, 4.69) is 41.7 Å². The van der Waals surface area contributed by atoms with Gasteiger partial charge >= 0.3 is 0 Å². The number of hydrogen-bond acceptors (Lipinski definition) is 8. The fourth-order valence-corrected chi connectivity index (χ4v) is 4.53. The van der Waals surface area contributed by atoms with Crippen LogP contribution in [0.5, 0.6) is 5.75 Å². The highest BCUT2D eigenvalue weighted by Crippen LogP contribution is 2.24. The number of thioether (sulfide) groups is 1. The van der Waals surface area contributed by atoms with Gasteiger partial charge in [-0.1, -0.05) is 33.8 Å². The van der Waals surface area contributed by atoms with Gasteiger partial charge in [0.1, 0.15) is 5.75 Å². The first-order valence-electron chi connectivity index (χ1n) is 9.98. The van der Waals surface area contributed by atoms with E-state index in [-0.39, 0.29) is 24.1 Å². The Morgan fingerprint density at radius 3 is 2.74 bits per heavy atom. The Kier molecular flexibility index (Phi) is 7.93. The van der Waals surface area contributed by atoms with Gasteiger partial charge in [0.15, 0.2) is 16.1 Å². The highest BCUT2D eigenvalue weighted by atomic mass is 79.9. The number of amides is 2. The van der Waals surface area contributed by atoms with Crippen molar-refractivity contribution in [1.29, 1.82) is 0 Å². The largest absolute Gasteiger partial charge is 0.497 e. The number of aromatic nitrogens is 4. The Balaban J connectivity index is 1.51. The van der Waals surface area contributed by atoms with Gasteiger partial charge in [-0.15, -0.1) is 21.5 Å².